The highest BCUT2D eigenvalue weighted by atomic mass is 16.5. The van der Waals surface area contributed by atoms with Crippen LogP contribution < -0.4 is 4.74 Å². The van der Waals surface area contributed by atoms with E-state index in [-0.39, 0.29) is 30.8 Å². The van der Waals surface area contributed by atoms with Crippen molar-refractivity contribution in [3.8, 4) is 5.75 Å². The Morgan fingerprint density at radius 2 is 1.96 bits per heavy atom. The Bertz CT molecular complexity index is 733. The van der Waals surface area contributed by atoms with Gasteiger partial charge in [-0.25, -0.2) is 0 Å². The fourth-order valence-electron chi connectivity index (χ4n) is 4.21. The van der Waals surface area contributed by atoms with Gasteiger partial charge in [-0.1, -0.05) is 25.5 Å². The smallest absolute Gasteiger partial charge is 0.308 e. The Morgan fingerprint density at radius 1 is 1.25 bits per heavy atom. The Morgan fingerprint density at radius 3 is 2.54 bits per heavy atom. The summed E-state index contributed by atoms with van der Waals surface area (Å²) in [6.45, 7) is 3.35. The number of amides is 2. The van der Waals surface area contributed by atoms with Crippen LogP contribution in [0.2, 0.25) is 0 Å². The van der Waals surface area contributed by atoms with Gasteiger partial charge in [0, 0.05) is 26.1 Å². The summed E-state index contributed by atoms with van der Waals surface area (Å²) in [5.41, 5.74) is 0.912. The molecule has 1 aromatic carbocycles. The highest BCUT2D eigenvalue weighted by Crippen LogP contribution is 2.40. The summed E-state index contributed by atoms with van der Waals surface area (Å²) in [5, 5.41) is 9.23. The number of aliphatic carboxylic acids is 1. The maximum atomic E-state index is 13.2. The molecule has 2 heterocycles. The van der Waals surface area contributed by atoms with Crippen LogP contribution in [0.15, 0.2) is 24.3 Å². The van der Waals surface area contributed by atoms with Crippen LogP contribution >= 0.6 is 0 Å². The molecule has 2 saturated heterocycles. The van der Waals surface area contributed by atoms with Gasteiger partial charge in [-0.2, -0.15) is 0 Å². The number of nitrogens with zero attached hydrogens (tertiary/aromatic N) is 2. The molecule has 0 spiro atoms. The maximum absolute atomic E-state index is 13.2. The van der Waals surface area contributed by atoms with Gasteiger partial charge in [-0.3, -0.25) is 14.4 Å². The number of likely N-dealkylation sites (tertiary alicyclic amines) is 2. The van der Waals surface area contributed by atoms with E-state index in [1.165, 1.54) is 0 Å². The molecule has 1 aromatic rings. The maximum Gasteiger partial charge on any atom is 0.308 e. The third-order valence-corrected chi connectivity index (χ3v) is 5.81. The molecule has 2 aliphatic heterocycles. The molecule has 7 heteroatoms. The molecule has 7 nitrogen and oxygen atoms in total. The van der Waals surface area contributed by atoms with Crippen LogP contribution in [0, 0.1) is 11.8 Å². The lowest BCUT2D eigenvalue weighted by Gasteiger charge is -2.30. The van der Waals surface area contributed by atoms with Crippen molar-refractivity contribution in [2.45, 2.75) is 38.6 Å². The highest BCUT2D eigenvalue weighted by Gasteiger charge is 2.46. The molecule has 2 fully saturated rings. The van der Waals surface area contributed by atoms with E-state index < -0.39 is 17.8 Å². The second-order valence-corrected chi connectivity index (χ2v) is 7.58. The van der Waals surface area contributed by atoms with E-state index in [4.69, 9.17) is 4.74 Å². The molecule has 0 bridgehead atoms. The minimum Gasteiger partial charge on any atom is -0.497 e. The Labute approximate surface area is 165 Å². The minimum atomic E-state index is -0.867. The van der Waals surface area contributed by atoms with Gasteiger partial charge in [0.25, 0.3) is 0 Å². The molecule has 3 atom stereocenters. The molecule has 152 valence electrons. The molecule has 28 heavy (non-hydrogen) atoms. The zero-order chi connectivity index (χ0) is 20.3. The van der Waals surface area contributed by atoms with Crippen LogP contribution in [0.4, 0.5) is 0 Å². The largest absolute Gasteiger partial charge is 0.497 e. The molecule has 3 unspecified atom stereocenters. The van der Waals surface area contributed by atoms with Crippen molar-refractivity contribution in [1.29, 1.82) is 0 Å². The Kier molecular flexibility index (Phi) is 6.21. The number of carboxylic acid groups (broad SMARTS) is 1. The second-order valence-electron chi connectivity index (χ2n) is 7.58. The zero-order valence-electron chi connectivity index (χ0n) is 16.5. The summed E-state index contributed by atoms with van der Waals surface area (Å²) in [5.74, 6) is -1.27. The van der Waals surface area contributed by atoms with E-state index in [1.807, 2.05) is 29.2 Å². The van der Waals surface area contributed by atoms with Gasteiger partial charge in [-0.05, 0) is 30.5 Å². The molecule has 2 amide bonds. The van der Waals surface area contributed by atoms with Crippen LogP contribution in [0.25, 0.3) is 0 Å². The average Bonchev–Trinajstić information content (AvgIpc) is 3.31. The van der Waals surface area contributed by atoms with Crippen LogP contribution in [-0.4, -0.2) is 59.4 Å². The van der Waals surface area contributed by atoms with E-state index in [0.29, 0.717) is 19.5 Å². The highest BCUT2D eigenvalue weighted by molar-refractivity contribution is 5.91. The van der Waals surface area contributed by atoms with Crippen molar-refractivity contribution in [2.75, 3.05) is 26.7 Å². The van der Waals surface area contributed by atoms with Crippen LogP contribution in [0.1, 0.15) is 44.2 Å². The van der Waals surface area contributed by atoms with Crippen molar-refractivity contribution in [3.63, 3.8) is 0 Å². The van der Waals surface area contributed by atoms with Gasteiger partial charge < -0.3 is 19.6 Å². The van der Waals surface area contributed by atoms with Crippen molar-refractivity contribution in [3.05, 3.63) is 29.8 Å². The molecule has 0 radical (unpaired) electrons. The van der Waals surface area contributed by atoms with Crippen molar-refractivity contribution >= 4 is 17.8 Å². The van der Waals surface area contributed by atoms with Gasteiger partial charge in [0.2, 0.25) is 11.8 Å². The second kappa shape index (κ2) is 8.63. The number of unbranched alkanes of at least 4 members (excludes halogenated alkanes) is 1. The van der Waals surface area contributed by atoms with Crippen LogP contribution in [0.5, 0.6) is 5.75 Å². The van der Waals surface area contributed by atoms with E-state index in [0.717, 1.165) is 24.2 Å². The van der Waals surface area contributed by atoms with Gasteiger partial charge in [0.1, 0.15) is 5.75 Å². The summed E-state index contributed by atoms with van der Waals surface area (Å²) in [4.78, 5) is 40.6. The monoisotopic (exact) mass is 388 g/mol. The predicted octanol–water partition coefficient (Wildman–Crippen LogP) is 2.32. The lowest BCUT2D eigenvalue weighted by molar-refractivity contribution is -0.142. The topological polar surface area (TPSA) is 87.2 Å². The first-order valence-electron chi connectivity index (χ1n) is 9.91. The predicted molar refractivity (Wildman–Crippen MR) is 103 cm³/mol. The van der Waals surface area contributed by atoms with E-state index >= 15 is 0 Å². The molecule has 0 saturated carbocycles. The summed E-state index contributed by atoms with van der Waals surface area (Å²) in [6.07, 6.45) is 2.48. The fraction of sp³-hybridized carbons (Fsp3) is 0.571. The zero-order valence-corrected chi connectivity index (χ0v) is 16.5. The number of hydrogen-bond acceptors (Lipinski definition) is 4. The van der Waals surface area contributed by atoms with Gasteiger partial charge in [-0.15, -0.1) is 0 Å². The minimum absolute atomic E-state index is 0.0124. The summed E-state index contributed by atoms with van der Waals surface area (Å²) >= 11 is 0. The number of methoxy groups -OCH3 is 1. The molecular formula is C21H28N2O5. The van der Waals surface area contributed by atoms with Crippen LogP contribution in [0.3, 0.4) is 0 Å². The number of carbonyl (C=O) groups is 3. The first kappa shape index (κ1) is 20.2. The van der Waals surface area contributed by atoms with E-state index in [1.54, 1.807) is 12.0 Å². The molecule has 3 rings (SSSR count). The molecule has 2 aliphatic rings. The number of benzene rings is 1. The molecular weight excluding hydrogens is 360 g/mol. The first-order valence-corrected chi connectivity index (χ1v) is 9.91. The van der Waals surface area contributed by atoms with Gasteiger partial charge in [0.15, 0.2) is 0 Å². The third kappa shape index (κ3) is 3.98. The fourth-order valence-corrected chi connectivity index (χ4v) is 4.21. The summed E-state index contributed by atoms with van der Waals surface area (Å²) in [7, 11) is 1.60. The standard InChI is InChI=1S/C21H28N2O5/c1-3-4-10-23-18(24)12-17(19(23)14-5-7-16(28-2)8-6-14)20(25)22-11-9-15(13-22)21(26)27/h5-8,15,17,19H,3-4,9-13H2,1-2H3,(H,26,27). The number of rotatable bonds is 7. The lowest BCUT2D eigenvalue weighted by Crippen LogP contribution is -2.38. The normalized spacial score (nSPS) is 24.6. The first-order chi connectivity index (χ1) is 13.5. The quantitative estimate of drug-likeness (QED) is 0.775. The SMILES string of the molecule is CCCCN1C(=O)CC(C(=O)N2CCC(C(=O)O)C2)C1c1ccc(OC)cc1. The average molecular weight is 388 g/mol. The van der Waals surface area contributed by atoms with Gasteiger partial charge >= 0.3 is 5.97 Å². The lowest BCUT2D eigenvalue weighted by atomic mass is 9.92. The number of hydrogen-bond donors (Lipinski definition) is 1. The van der Waals surface area contributed by atoms with Crippen molar-refractivity contribution in [1.82, 2.24) is 9.80 Å². The summed E-state index contributed by atoms with van der Waals surface area (Å²) in [6, 6.07) is 7.18. The number of carboxylic acids is 1. The number of ether oxygens (including phenoxy) is 1. The van der Waals surface area contributed by atoms with E-state index in [9.17, 15) is 19.5 Å². The Balaban J connectivity index is 1.85. The van der Waals surface area contributed by atoms with Crippen molar-refractivity contribution < 1.29 is 24.2 Å². The Hall–Kier alpha value is -2.57. The van der Waals surface area contributed by atoms with Crippen LogP contribution in [-0.2, 0) is 14.4 Å². The van der Waals surface area contributed by atoms with Crippen molar-refractivity contribution in [2.24, 2.45) is 11.8 Å². The van der Waals surface area contributed by atoms with Gasteiger partial charge in [0.05, 0.1) is 25.0 Å². The number of carbonyl (C=O) groups excluding carboxylic acids is 2. The molecule has 0 aromatic heterocycles. The third-order valence-electron chi connectivity index (χ3n) is 5.81. The summed E-state index contributed by atoms with van der Waals surface area (Å²) < 4.78 is 5.22. The van der Waals surface area contributed by atoms with E-state index in [2.05, 4.69) is 6.92 Å². The molecule has 1 N–H and O–H groups in total. The molecule has 0 aliphatic carbocycles.